The van der Waals surface area contributed by atoms with Crippen molar-refractivity contribution in [2.24, 2.45) is 0 Å². The van der Waals surface area contributed by atoms with Gasteiger partial charge in [0.05, 0.1) is 18.5 Å². The molecule has 3 aromatic carbocycles. The lowest BCUT2D eigenvalue weighted by Crippen LogP contribution is -2.42. The van der Waals surface area contributed by atoms with E-state index in [-0.39, 0.29) is 25.1 Å². The minimum atomic E-state index is -3.40. The highest BCUT2D eigenvalue weighted by Gasteiger charge is 2.24. The zero-order chi connectivity index (χ0) is 31.0. The standard InChI is InChI=1S/C32H37NO8S2/c1-4-42-19-24(15-22-10-12-29-30(17-22)41-20-40-29)39-18-23-9-11-26(27(16-23)25-8-6-5-7-21(25)2)31(34)33-28(32(35)36)13-14-43(3,37)38/h5-12,16-17,24,28H,4,13-15,18-20H2,1-3H3,(H,33,34)(H,35,36). The SMILES string of the molecule is CCSCC(Cc1ccc2c(c1)OCO2)OCc1ccc(C(=O)NC(CCS(C)(=O)=O)C(=O)O)c(-c2ccccc2C)c1. The van der Waals surface area contributed by atoms with E-state index in [2.05, 4.69) is 12.2 Å². The fourth-order valence-electron chi connectivity index (χ4n) is 4.76. The topological polar surface area (TPSA) is 128 Å². The molecule has 1 aliphatic heterocycles. The van der Waals surface area contributed by atoms with Crippen molar-refractivity contribution in [1.29, 1.82) is 0 Å². The maximum Gasteiger partial charge on any atom is 0.326 e. The summed E-state index contributed by atoms with van der Waals surface area (Å²) in [5, 5.41) is 12.2. The van der Waals surface area contributed by atoms with E-state index in [0.29, 0.717) is 24.2 Å². The van der Waals surface area contributed by atoms with Crippen molar-refractivity contribution in [2.45, 2.75) is 45.4 Å². The third kappa shape index (κ3) is 9.22. The van der Waals surface area contributed by atoms with E-state index >= 15 is 0 Å². The number of fused-ring (bicyclic) bond motifs is 1. The van der Waals surface area contributed by atoms with Crippen LogP contribution in [0.4, 0.5) is 0 Å². The number of hydrogen-bond acceptors (Lipinski definition) is 8. The Morgan fingerprint density at radius 1 is 1.02 bits per heavy atom. The number of aryl methyl sites for hydroxylation is 1. The van der Waals surface area contributed by atoms with Gasteiger partial charge in [-0.05, 0) is 77.6 Å². The molecule has 230 valence electrons. The van der Waals surface area contributed by atoms with Crippen LogP contribution in [0.2, 0.25) is 0 Å². The van der Waals surface area contributed by atoms with E-state index in [1.54, 1.807) is 23.9 Å². The molecular weight excluding hydrogens is 590 g/mol. The molecule has 1 aliphatic rings. The molecule has 1 heterocycles. The molecule has 2 N–H and O–H groups in total. The van der Waals surface area contributed by atoms with Crippen molar-refractivity contribution in [1.82, 2.24) is 5.32 Å². The van der Waals surface area contributed by atoms with Crippen molar-refractivity contribution >= 4 is 33.5 Å². The molecular formula is C32H37NO8S2. The zero-order valence-electron chi connectivity index (χ0n) is 24.5. The number of carboxylic acid groups (broad SMARTS) is 1. The third-order valence-corrected chi connectivity index (χ3v) is 9.03. The van der Waals surface area contributed by atoms with Gasteiger partial charge in [-0.1, -0.05) is 43.3 Å². The number of benzene rings is 3. The number of rotatable bonds is 15. The molecule has 3 aromatic rings. The summed E-state index contributed by atoms with van der Waals surface area (Å²) in [5.74, 6) is 1.00. The average molecular weight is 628 g/mol. The molecule has 0 saturated heterocycles. The molecule has 2 atom stereocenters. The van der Waals surface area contributed by atoms with Crippen LogP contribution in [-0.2, 0) is 32.4 Å². The Balaban J connectivity index is 1.56. The van der Waals surface area contributed by atoms with Crippen molar-refractivity contribution in [2.75, 3.05) is 30.3 Å². The first-order valence-corrected chi connectivity index (χ1v) is 17.2. The third-order valence-electron chi connectivity index (χ3n) is 7.04. The first-order chi connectivity index (χ1) is 20.5. The Morgan fingerprint density at radius 2 is 1.77 bits per heavy atom. The maximum absolute atomic E-state index is 13.4. The van der Waals surface area contributed by atoms with Gasteiger partial charge in [0.25, 0.3) is 5.91 Å². The van der Waals surface area contributed by atoms with Crippen molar-refractivity contribution < 1.29 is 37.3 Å². The molecule has 0 saturated carbocycles. The number of carbonyl (C=O) groups is 2. The zero-order valence-corrected chi connectivity index (χ0v) is 26.1. The highest BCUT2D eigenvalue weighted by atomic mass is 32.2. The van der Waals surface area contributed by atoms with Crippen LogP contribution >= 0.6 is 11.8 Å². The van der Waals surface area contributed by atoms with Gasteiger partial charge in [-0.3, -0.25) is 4.79 Å². The highest BCUT2D eigenvalue weighted by Crippen LogP contribution is 2.33. The fourth-order valence-corrected chi connectivity index (χ4v) is 6.14. The van der Waals surface area contributed by atoms with Gasteiger partial charge in [-0.2, -0.15) is 11.8 Å². The minimum Gasteiger partial charge on any atom is -0.480 e. The van der Waals surface area contributed by atoms with Crippen LogP contribution in [0.15, 0.2) is 60.7 Å². The molecule has 0 spiro atoms. The summed E-state index contributed by atoms with van der Waals surface area (Å²) in [5.41, 5.74) is 4.65. The summed E-state index contributed by atoms with van der Waals surface area (Å²) in [6.45, 7) is 4.58. The van der Waals surface area contributed by atoms with Crippen LogP contribution in [0, 0.1) is 6.92 Å². The smallest absolute Gasteiger partial charge is 0.326 e. The summed E-state index contributed by atoms with van der Waals surface area (Å²) in [4.78, 5) is 25.2. The molecule has 43 heavy (non-hydrogen) atoms. The number of carbonyl (C=O) groups excluding carboxylic acids is 1. The van der Waals surface area contributed by atoms with Gasteiger partial charge in [0.2, 0.25) is 6.79 Å². The van der Waals surface area contributed by atoms with Crippen LogP contribution in [0.1, 0.15) is 40.4 Å². The first-order valence-electron chi connectivity index (χ1n) is 14.0. The number of sulfone groups is 1. The molecule has 0 bridgehead atoms. The lowest BCUT2D eigenvalue weighted by Gasteiger charge is -2.20. The number of aliphatic carboxylic acids is 1. The Kier molecular flexibility index (Phi) is 11.1. The van der Waals surface area contributed by atoms with Crippen LogP contribution in [0.25, 0.3) is 11.1 Å². The van der Waals surface area contributed by atoms with Crippen LogP contribution in [-0.4, -0.2) is 67.9 Å². The van der Waals surface area contributed by atoms with Gasteiger partial charge in [0.1, 0.15) is 15.9 Å². The van der Waals surface area contributed by atoms with Gasteiger partial charge >= 0.3 is 5.97 Å². The Morgan fingerprint density at radius 3 is 2.49 bits per heavy atom. The molecule has 1 amide bonds. The van der Waals surface area contributed by atoms with Crippen LogP contribution < -0.4 is 14.8 Å². The second-order valence-electron chi connectivity index (χ2n) is 10.5. The first kappa shape index (κ1) is 32.4. The van der Waals surface area contributed by atoms with Gasteiger partial charge in [0.15, 0.2) is 11.5 Å². The Bertz CT molecular complexity index is 1560. The summed E-state index contributed by atoms with van der Waals surface area (Å²) < 4.78 is 40.6. The molecule has 9 nitrogen and oxygen atoms in total. The highest BCUT2D eigenvalue weighted by molar-refractivity contribution is 7.99. The molecule has 0 aromatic heterocycles. The van der Waals surface area contributed by atoms with Crippen molar-refractivity contribution in [3.63, 3.8) is 0 Å². The van der Waals surface area contributed by atoms with E-state index in [0.717, 1.165) is 51.5 Å². The molecule has 0 radical (unpaired) electrons. The maximum atomic E-state index is 13.4. The lowest BCUT2D eigenvalue weighted by molar-refractivity contribution is -0.139. The van der Waals surface area contributed by atoms with E-state index in [9.17, 15) is 23.1 Å². The summed E-state index contributed by atoms with van der Waals surface area (Å²) in [6, 6.07) is 17.6. The fraction of sp³-hybridized carbons (Fsp3) is 0.375. The predicted molar refractivity (Wildman–Crippen MR) is 168 cm³/mol. The van der Waals surface area contributed by atoms with Crippen LogP contribution in [0.3, 0.4) is 0 Å². The molecule has 4 rings (SSSR count). The number of carboxylic acids is 1. The van der Waals surface area contributed by atoms with Crippen molar-refractivity contribution in [3.8, 4) is 22.6 Å². The number of thioether (sulfide) groups is 1. The number of amides is 1. The van der Waals surface area contributed by atoms with Crippen LogP contribution in [0.5, 0.6) is 11.5 Å². The average Bonchev–Trinajstić information content (AvgIpc) is 3.44. The second-order valence-corrected chi connectivity index (χ2v) is 14.0. The lowest BCUT2D eigenvalue weighted by atomic mass is 9.93. The van der Waals surface area contributed by atoms with Gasteiger partial charge in [-0.15, -0.1) is 0 Å². The Hall–Kier alpha value is -3.54. The predicted octanol–water partition coefficient (Wildman–Crippen LogP) is 4.89. The summed E-state index contributed by atoms with van der Waals surface area (Å²) >= 11 is 1.80. The molecule has 0 aliphatic carbocycles. The molecule has 0 fully saturated rings. The minimum absolute atomic E-state index is 0.0682. The summed E-state index contributed by atoms with van der Waals surface area (Å²) in [7, 11) is -3.40. The number of ether oxygens (including phenoxy) is 3. The second kappa shape index (κ2) is 14.8. The van der Waals surface area contributed by atoms with Gasteiger partial charge in [0, 0.05) is 17.6 Å². The van der Waals surface area contributed by atoms with E-state index in [4.69, 9.17) is 14.2 Å². The van der Waals surface area contributed by atoms with Gasteiger partial charge in [-0.25, -0.2) is 13.2 Å². The quantitative estimate of drug-likeness (QED) is 0.242. The van der Waals surface area contributed by atoms with E-state index < -0.39 is 27.8 Å². The van der Waals surface area contributed by atoms with E-state index in [1.807, 2.05) is 55.5 Å². The van der Waals surface area contributed by atoms with E-state index in [1.165, 1.54) is 0 Å². The monoisotopic (exact) mass is 627 g/mol. The molecule has 11 heteroatoms. The number of hydrogen-bond donors (Lipinski definition) is 2. The van der Waals surface area contributed by atoms with Gasteiger partial charge < -0.3 is 24.6 Å². The number of nitrogens with one attached hydrogen (secondary N) is 1. The normalized spacial score (nSPS) is 13.8. The van der Waals surface area contributed by atoms with Crippen molar-refractivity contribution in [3.05, 3.63) is 82.9 Å². The Labute approximate surface area is 256 Å². The largest absolute Gasteiger partial charge is 0.480 e. The molecule has 2 unspecified atom stereocenters. The summed E-state index contributed by atoms with van der Waals surface area (Å²) in [6.07, 6.45) is 1.43.